The molecule has 5 heteroatoms. The molecule has 0 aliphatic carbocycles. The van der Waals surface area contributed by atoms with Gasteiger partial charge in [-0.3, -0.25) is 4.79 Å². The molecule has 1 unspecified atom stereocenters. The molecule has 1 aromatic rings. The average Bonchev–Trinajstić information content (AvgIpc) is 3.09. The van der Waals surface area contributed by atoms with Crippen LogP contribution in [0.5, 0.6) is 0 Å². The third kappa shape index (κ3) is 3.02. The molecule has 1 amide bonds. The fourth-order valence-electron chi connectivity index (χ4n) is 3.62. The number of hydrogen-bond donors (Lipinski definition) is 2. The minimum Gasteiger partial charge on any atom is -0.356 e. The van der Waals surface area contributed by atoms with Crippen molar-refractivity contribution in [3.8, 4) is 0 Å². The maximum Gasteiger partial charge on any atom is 0.254 e. The number of pyridine rings is 1. The molecule has 0 spiro atoms. The molecule has 1 atom stereocenters. The number of hydrogen-bond acceptors (Lipinski definition) is 4. The third-order valence-electron chi connectivity index (χ3n) is 4.86. The van der Waals surface area contributed by atoms with Crippen LogP contribution < -0.4 is 15.5 Å². The van der Waals surface area contributed by atoms with Crippen LogP contribution in [0.15, 0.2) is 18.3 Å². The van der Waals surface area contributed by atoms with Gasteiger partial charge in [0.05, 0.1) is 5.56 Å². The van der Waals surface area contributed by atoms with Gasteiger partial charge in [-0.1, -0.05) is 0 Å². The highest BCUT2D eigenvalue weighted by atomic mass is 16.1. The number of anilines is 1. The average molecular weight is 288 g/mol. The highest BCUT2D eigenvalue weighted by Crippen LogP contribution is 2.31. The van der Waals surface area contributed by atoms with Crippen molar-refractivity contribution in [2.45, 2.75) is 19.3 Å². The summed E-state index contributed by atoms with van der Waals surface area (Å²) >= 11 is 0. The van der Waals surface area contributed by atoms with Crippen molar-refractivity contribution in [2.75, 3.05) is 38.1 Å². The molecule has 2 N–H and O–H groups in total. The van der Waals surface area contributed by atoms with Crippen LogP contribution in [0.4, 0.5) is 5.82 Å². The Morgan fingerprint density at radius 3 is 2.81 bits per heavy atom. The van der Waals surface area contributed by atoms with Crippen molar-refractivity contribution in [2.24, 2.45) is 11.8 Å². The largest absolute Gasteiger partial charge is 0.356 e. The van der Waals surface area contributed by atoms with Gasteiger partial charge in [-0.25, -0.2) is 4.98 Å². The summed E-state index contributed by atoms with van der Waals surface area (Å²) in [5, 5.41) is 6.17. The van der Waals surface area contributed by atoms with Crippen LogP contribution >= 0.6 is 0 Å². The Hall–Kier alpha value is -1.62. The van der Waals surface area contributed by atoms with E-state index in [1.807, 2.05) is 12.1 Å². The van der Waals surface area contributed by atoms with E-state index in [4.69, 9.17) is 0 Å². The minimum atomic E-state index is -0.0554. The summed E-state index contributed by atoms with van der Waals surface area (Å²) in [6.45, 7) is 4.36. The molecule has 2 saturated heterocycles. The molecule has 2 aliphatic rings. The first-order valence-electron chi connectivity index (χ1n) is 7.92. The van der Waals surface area contributed by atoms with E-state index in [9.17, 15) is 4.79 Å². The molecule has 114 valence electrons. The first-order valence-corrected chi connectivity index (χ1v) is 7.92. The zero-order valence-electron chi connectivity index (χ0n) is 12.6. The van der Waals surface area contributed by atoms with Gasteiger partial charge < -0.3 is 15.5 Å². The highest BCUT2D eigenvalue weighted by molar-refractivity contribution is 5.98. The van der Waals surface area contributed by atoms with Crippen molar-refractivity contribution >= 4 is 11.7 Å². The number of nitrogens with zero attached hydrogens (tertiary/aromatic N) is 2. The normalized spacial score (nSPS) is 23.3. The Kier molecular flexibility index (Phi) is 4.39. The minimum absolute atomic E-state index is 0.0554. The van der Waals surface area contributed by atoms with Crippen molar-refractivity contribution in [1.29, 1.82) is 0 Å². The number of nitrogens with one attached hydrogen (secondary N) is 2. The first kappa shape index (κ1) is 14.3. The van der Waals surface area contributed by atoms with Gasteiger partial charge in [-0.2, -0.15) is 0 Å². The lowest BCUT2D eigenvalue weighted by Crippen LogP contribution is -2.38. The molecular formula is C16H24N4O. The summed E-state index contributed by atoms with van der Waals surface area (Å²) < 4.78 is 0. The zero-order valence-corrected chi connectivity index (χ0v) is 12.6. The number of carbonyl (C=O) groups is 1. The second-order valence-corrected chi connectivity index (χ2v) is 6.03. The Morgan fingerprint density at radius 1 is 1.33 bits per heavy atom. The molecule has 1 aromatic heterocycles. The lowest BCUT2D eigenvalue weighted by molar-refractivity contribution is 0.0963. The number of aromatic nitrogens is 1. The molecule has 2 aliphatic heterocycles. The Balaban J connectivity index is 1.68. The van der Waals surface area contributed by atoms with E-state index in [0.717, 1.165) is 30.7 Å². The molecular weight excluding hydrogens is 264 g/mol. The van der Waals surface area contributed by atoms with Crippen LogP contribution in [0.25, 0.3) is 0 Å². The van der Waals surface area contributed by atoms with E-state index >= 15 is 0 Å². The van der Waals surface area contributed by atoms with Crippen molar-refractivity contribution in [3.05, 3.63) is 23.9 Å². The van der Waals surface area contributed by atoms with Gasteiger partial charge in [0.25, 0.3) is 5.91 Å². The van der Waals surface area contributed by atoms with E-state index in [1.165, 1.54) is 32.4 Å². The lowest BCUT2D eigenvalue weighted by Gasteiger charge is -2.35. The highest BCUT2D eigenvalue weighted by Gasteiger charge is 2.29. The van der Waals surface area contributed by atoms with Crippen LogP contribution in [0.3, 0.4) is 0 Å². The molecule has 3 rings (SSSR count). The van der Waals surface area contributed by atoms with E-state index < -0.39 is 0 Å². The molecule has 3 heterocycles. The smallest absolute Gasteiger partial charge is 0.254 e. The summed E-state index contributed by atoms with van der Waals surface area (Å²) in [6.07, 6.45) is 5.50. The second-order valence-electron chi connectivity index (χ2n) is 6.03. The summed E-state index contributed by atoms with van der Waals surface area (Å²) in [5.74, 6) is 2.44. The van der Waals surface area contributed by atoms with Gasteiger partial charge in [-0.15, -0.1) is 0 Å². The van der Waals surface area contributed by atoms with Gasteiger partial charge in [-0.05, 0) is 56.3 Å². The number of rotatable bonds is 3. The summed E-state index contributed by atoms with van der Waals surface area (Å²) in [4.78, 5) is 18.7. The number of amides is 1. The van der Waals surface area contributed by atoms with Gasteiger partial charge in [0.2, 0.25) is 0 Å². The van der Waals surface area contributed by atoms with Crippen LogP contribution in [-0.4, -0.2) is 44.1 Å². The maximum atomic E-state index is 12.0. The molecule has 2 fully saturated rings. The lowest BCUT2D eigenvalue weighted by atomic mass is 9.84. The van der Waals surface area contributed by atoms with Gasteiger partial charge >= 0.3 is 0 Å². The molecule has 5 nitrogen and oxygen atoms in total. The second kappa shape index (κ2) is 6.43. The Labute approximate surface area is 126 Å². The number of carbonyl (C=O) groups excluding carboxylic acids is 1. The van der Waals surface area contributed by atoms with Crippen LogP contribution in [-0.2, 0) is 0 Å². The first-order chi connectivity index (χ1) is 10.3. The summed E-state index contributed by atoms with van der Waals surface area (Å²) in [6, 6.07) is 3.68. The number of piperidine rings is 1. The topological polar surface area (TPSA) is 57.3 Å². The van der Waals surface area contributed by atoms with Crippen LogP contribution in [0, 0.1) is 11.8 Å². The SMILES string of the molecule is CNC(=O)c1cccnc1N1CCC(C2CCNC2)CC1. The zero-order chi connectivity index (χ0) is 14.7. The monoisotopic (exact) mass is 288 g/mol. The van der Waals surface area contributed by atoms with Gasteiger partial charge in [0.1, 0.15) is 5.82 Å². The van der Waals surface area contributed by atoms with Crippen LogP contribution in [0.2, 0.25) is 0 Å². The predicted octanol–water partition coefficient (Wildman–Crippen LogP) is 1.27. The van der Waals surface area contributed by atoms with Crippen LogP contribution in [0.1, 0.15) is 29.6 Å². The quantitative estimate of drug-likeness (QED) is 0.879. The standard InChI is InChI=1S/C16H24N4O/c1-17-16(21)14-3-2-7-19-15(14)20-9-5-12(6-10-20)13-4-8-18-11-13/h2-3,7,12-13,18H,4-6,8-11H2,1H3,(H,17,21). The maximum absolute atomic E-state index is 12.0. The van der Waals surface area contributed by atoms with Crippen molar-refractivity contribution in [1.82, 2.24) is 15.6 Å². The third-order valence-corrected chi connectivity index (χ3v) is 4.86. The summed E-state index contributed by atoms with van der Waals surface area (Å²) in [7, 11) is 1.67. The van der Waals surface area contributed by atoms with Gasteiger partial charge in [0.15, 0.2) is 0 Å². The van der Waals surface area contributed by atoms with Crippen molar-refractivity contribution in [3.63, 3.8) is 0 Å². The summed E-state index contributed by atoms with van der Waals surface area (Å²) in [5.41, 5.74) is 0.681. The fourth-order valence-corrected chi connectivity index (χ4v) is 3.62. The fraction of sp³-hybridized carbons (Fsp3) is 0.625. The molecule has 21 heavy (non-hydrogen) atoms. The predicted molar refractivity (Wildman–Crippen MR) is 83.5 cm³/mol. The van der Waals surface area contributed by atoms with Gasteiger partial charge in [0, 0.05) is 26.3 Å². The van der Waals surface area contributed by atoms with E-state index in [2.05, 4.69) is 20.5 Å². The van der Waals surface area contributed by atoms with Crippen molar-refractivity contribution < 1.29 is 4.79 Å². The van der Waals surface area contributed by atoms with E-state index in [-0.39, 0.29) is 5.91 Å². The molecule has 0 aromatic carbocycles. The molecule has 0 saturated carbocycles. The molecule has 0 bridgehead atoms. The Bertz CT molecular complexity index is 491. The molecule has 0 radical (unpaired) electrons. The van der Waals surface area contributed by atoms with E-state index in [1.54, 1.807) is 13.2 Å². The van der Waals surface area contributed by atoms with E-state index in [0.29, 0.717) is 5.56 Å². The Morgan fingerprint density at radius 2 is 2.14 bits per heavy atom.